The van der Waals surface area contributed by atoms with Crippen molar-refractivity contribution in [3.63, 3.8) is 0 Å². The number of ether oxygens (including phenoxy) is 3. The molecule has 5 rings (SSSR count). The van der Waals surface area contributed by atoms with Crippen LogP contribution >= 0.6 is 0 Å². The van der Waals surface area contributed by atoms with E-state index in [2.05, 4.69) is 4.98 Å². The topological polar surface area (TPSA) is 78.0 Å². The Kier molecular flexibility index (Phi) is 6.83. The predicted molar refractivity (Wildman–Crippen MR) is 144 cm³/mol. The van der Waals surface area contributed by atoms with Crippen molar-refractivity contribution in [2.75, 3.05) is 4.90 Å². The molecule has 4 aromatic rings. The summed E-state index contributed by atoms with van der Waals surface area (Å²) in [5.74, 6) is 0.359. The fourth-order valence-corrected chi connectivity index (χ4v) is 4.54. The average Bonchev–Trinajstić information content (AvgIpc) is 3.12. The number of anilines is 2. The molecule has 0 unspecified atom stereocenters. The minimum Gasteiger partial charge on any atom is -0.473 e. The van der Waals surface area contributed by atoms with E-state index < -0.39 is 11.4 Å². The van der Waals surface area contributed by atoms with Gasteiger partial charge >= 0.3 is 5.97 Å². The van der Waals surface area contributed by atoms with Gasteiger partial charge in [-0.25, -0.2) is 0 Å². The van der Waals surface area contributed by atoms with Gasteiger partial charge in [-0.3, -0.25) is 14.5 Å². The third kappa shape index (κ3) is 4.95. The average molecular weight is 509 g/mol. The number of benzene rings is 3. The van der Waals surface area contributed by atoms with Gasteiger partial charge in [0.15, 0.2) is 0 Å². The number of pyridine rings is 1. The second-order valence-electron chi connectivity index (χ2n) is 9.53. The summed E-state index contributed by atoms with van der Waals surface area (Å²) in [6, 6.07) is 28.3. The number of carbonyl (C=O) groups is 2. The second-order valence-corrected chi connectivity index (χ2v) is 9.53. The molecule has 7 nitrogen and oxygen atoms in total. The van der Waals surface area contributed by atoms with Crippen LogP contribution in [0, 0.1) is 0 Å². The molecule has 0 aliphatic carbocycles. The molecule has 0 bridgehead atoms. The van der Waals surface area contributed by atoms with Crippen molar-refractivity contribution in [1.29, 1.82) is 0 Å². The summed E-state index contributed by atoms with van der Waals surface area (Å²) in [4.78, 5) is 31.8. The minimum atomic E-state index is -0.944. The Morgan fingerprint density at radius 3 is 2.05 bits per heavy atom. The molecule has 0 spiro atoms. The Labute approximate surface area is 221 Å². The summed E-state index contributed by atoms with van der Waals surface area (Å²) in [6.45, 7) is 5.58. The molecular weight excluding hydrogens is 480 g/mol. The van der Waals surface area contributed by atoms with Crippen molar-refractivity contribution in [3.8, 4) is 17.5 Å². The number of rotatable bonds is 8. The standard InChI is InChI=1S/C31H28N2O5/c1-21(34)38-26-16-10-15-24-28(26)31(2,3)30(35)33(24)25-17-18-27(36-19-22-11-6-4-7-12-22)32-29(25)37-20-23-13-8-5-9-14-23/h4-18H,19-20H2,1-3H3. The third-order valence-electron chi connectivity index (χ3n) is 6.37. The van der Waals surface area contributed by atoms with Crippen LogP contribution in [-0.4, -0.2) is 16.9 Å². The Morgan fingerprint density at radius 2 is 1.42 bits per heavy atom. The highest BCUT2D eigenvalue weighted by Crippen LogP contribution is 2.51. The van der Waals surface area contributed by atoms with Gasteiger partial charge in [-0.2, -0.15) is 4.98 Å². The number of amides is 1. The lowest BCUT2D eigenvalue weighted by Gasteiger charge is -2.23. The van der Waals surface area contributed by atoms with Crippen LogP contribution in [0.5, 0.6) is 17.5 Å². The van der Waals surface area contributed by atoms with E-state index in [9.17, 15) is 9.59 Å². The molecule has 0 radical (unpaired) electrons. The van der Waals surface area contributed by atoms with Crippen molar-refractivity contribution in [3.05, 3.63) is 108 Å². The maximum atomic E-state index is 13.8. The maximum Gasteiger partial charge on any atom is 0.308 e. The van der Waals surface area contributed by atoms with E-state index in [1.165, 1.54) is 6.92 Å². The summed E-state index contributed by atoms with van der Waals surface area (Å²) >= 11 is 0. The Morgan fingerprint density at radius 1 is 0.789 bits per heavy atom. The highest BCUT2D eigenvalue weighted by Gasteiger charge is 2.48. The summed E-state index contributed by atoms with van der Waals surface area (Å²) in [6.07, 6.45) is 0. The zero-order chi connectivity index (χ0) is 26.7. The van der Waals surface area contributed by atoms with E-state index in [-0.39, 0.29) is 18.4 Å². The number of esters is 1. The van der Waals surface area contributed by atoms with Crippen LogP contribution in [0.4, 0.5) is 11.4 Å². The van der Waals surface area contributed by atoms with Gasteiger partial charge in [-0.1, -0.05) is 66.7 Å². The number of carbonyl (C=O) groups excluding carboxylic acids is 2. The van der Waals surface area contributed by atoms with E-state index in [1.54, 1.807) is 29.2 Å². The molecule has 1 aliphatic rings. The molecule has 0 N–H and O–H groups in total. The predicted octanol–water partition coefficient (Wildman–Crippen LogP) is 6.12. The first-order chi connectivity index (χ1) is 18.3. The Hall–Kier alpha value is -4.65. The van der Waals surface area contributed by atoms with Gasteiger partial charge in [0.2, 0.25) is 17.7 Å². The van der Waals surface area contributed by atoms with Crippen LogP contribution in [0.3, 0.4) is 0 Å². The monoisotopic (exact) mass is 508 g/mol. The van der Waals surface area contributed by atoms with E-state index in [0.717, 1.165) is 11.1 Å². The molecule has 3 aromatic carbocycles. The van der Waals surface area contributed by atoms with Crippen LogP contribution in [0.2, 0.25) is 0 Å². The fourth-order valence-electron chi connectivity index (χ4n) is 4.54. The molecule has 0 saturated carbocycles. The first-order valence-corrected chi connectivity index (χ1v) is 12.4. The Bertz CT molecular complexity index is 1470. The normalized spacial score (nSPS) is 13.7. The summed E-state index contributed by atoms with van der Waals surface area (Å²) in [7, 11) is 0. The van der Waals surface area contributed by atoms with E-state index in [0.29, 0.717) is 35.2 Å². The van der Waals surface area contributed by atoms with Crippen LogP contribution in [0.25, 0.3) is 0 Å². The van der Waals surface area contributed by atoms with Gasteiger partial charge < -0.3 is 14.2 Å². The quantitative estimate of drug-likeness (QED) is 0.211. The molecule has 0 saturated heterocycles. The van der Waals surface area contributed by atoms with Crippen LogP contribution in [0.1, 0.15) is 37.5 Å². The van der Waals surface area contributed by atoms with Gasteiger partial charge in [0.1, 0.15) is 24.7 Å². The third-order valence-corrected chi connectivity index (χ3v) is 6.37. The second kappa shape index (κ2) is 10.4. The summed E-state index contributed by atoms with van der Waals surface area (Å²) < 4.78 is 17.6. The zero-order valence-electron chi connectivity index (χ0n) is 21.5. The highest BCUT2D eigenvalue weighted by molar-refractivity contribution is 6.14. The smallest absolute Gasteiger partial charge is 0.308 e. The zero-order valence-corrected chi connectivity index (χ0v) is 21.5. The molecule has 1 amide bonds. The van der Waals surface area contributed by atoms with Crippen molar-refractivity contribution in [2.24, 2.45) is 0 Å². The molecule has 38 heavy (non-hydrogen) atoms. The van der Waals surface area contributed by atoms with Crippen molar-refractivity contribution < 1.29 is 23.8 Å². The van der Waals surface area contributed by atoms with E-state index >= 15 is 0 Å². The van der Waals surface area contributed by atoms with Crippen molar-refractivity contribution >= 4 is 23.3 Å². The van der Waals surface area contributed by atoms with Gasteiger partial charge in [-0.15, -0.1) is 0 Å². The number of aromatic nitrogens is 1. The molecule has 1 aliphatic heterocycles. The fraction of sp³-hybridized carbons (Fsp3) is 0.194. The SMILES string of the molecule is CC(=O)Oc1cccc2c1C(C)(C)C(=O)N2c1ccc(OCc2ccccc2)nc1OCc1ccccc1. The minimum absolute atomic E-state index is 0.184. The molecule has 0 atom stereocenters. The summed E-state index contributed by atoms with van der Waals surface area (Å²) in [5, 5.41) is 0. The van der Waals surface area contributed by atoms with Gasteiger partial charge in [-0.05, 0) is 43.2 Å². The number of fused-ring (bicyclic) bond motifs is 1. The van der Waals surface area contributed by atoms with Gasteiger partial charge in [0.05, 0.1) is 11.1 Å². The molecular formula is C31H28N2O5. The first-order valence-electron chi connectivity index (χ1n) is 12.4. The van der Waals surface area contributed by atoms with Crippen molar-refractivity contribution in [1.82, 2.24) is 4.98 Å². The van der Waals surface area contributed by atoms with Gasteiger partial charge in [0.25, 0.3) is 0 Å². The van der Waals surface area contributed by atoms with E-state index in [4.69, 9.17) is 14.2 Å². The molecule has 7 heteroatoms. The van der Waals surface area contributed by atoms with Crippen LogP contribution in [0.15, 0.2) is 91.0 Å². The molecule has 192 valence electrons. The molecule has 2 heterocycles. The van der Waals surface area contributed by atoms with Crippen LogP contribution < -0.4 is 19.1 Å². The lowest BCUT2D eigenvalue weighted by atomic mass is 9.85. The highest BCUT2D eigenvalue weighted by atomic mass is 16.5. The van der Waals surface area contributed by atoms with E-state index in [1.807, 2.05) is 80.6 Å². The van der Waals surface area contributed by atoms with Crippen molar-refractivity contribution in [2.45, 2.75) is 39.4 Å². The number of hydrogen-bond acceptors (Lipinski definition) is 6. The number of hydrogen-bond donors (Lipinski definition) is 0. The lowest BCUT2D eigenvalue weighted by Crippen LogP contribution is -2.33. The maximum absolute atomic E-state index is 13.8. The first kappa shape index (κ1) is 25.0. The number of nitrogens with zero attached hydrogens (tertiary/aromatic N) is 2. The van der Waals surface area contributed by atoms with Gasteiger partial charge in [0, 0.05) is 18.6 Å². The molecule has 0 fully saturated rings. The largest absolute Gasteiger partial charge is 0.473 e. The van der Waals surface area contributed by atoms with Crippen LogP contribution in [-0.2, 0) is 28.2 Å². The summed E-state index contributed by atoms with van der Waals surface area (Å²) in [5.41, 5.74) is 2.75. The Balaban J connectivity index is 1.54. The lowest BCUT2D eigenvalue weighted by molar-refractivity contribution is -0.132. The molecule has 1 aromatic heterocycles.